The van der Waals surface area contributed by atoms with Gasteiger partial charge in [0.1, 0.15) is 11.5 Å². The van der Waals surface area contributed by atoms with E-state index in [0.29, 0.717) is 24.6 Å². The van der Waals surface area contributed by atoms with Gasteiger partial charge in [-0.05, 0) is 43.5 Å². The number of hydrogen-bond acceptors (Lipinski definition) is 5. The van der Waals surface area contributed by atoms with Crippen LogP contribution in [0.15, 0.2) is 58.1 Å². The number of aromatic nitrogens is 2. The number of rotatable bonds is 7. The molecule has 0 saturated heterocycles. The van der Waals surface area contributed by atoms with E-state index in [1.54, 1.807) is 43.6 Å². The van der Waals surface area contributed by atoms with Crippen molar-refractivity contribution < 1.29 is 12.8 Å². The maximum atomic E-state index is 12.4. The van der Waals surface area contributed by atoms with Crippen LogP contribution < -0.4 is 4.72 Å². The Bertz CT molecular complexity index is 965. The molecule has 7 heteroatoms. The first-order chi connectivity index (χ1) is 12.5. The lowest BCUT2D eigenvalue weighted by molar-refractivity contribution is 0.495. The van der Waals surface area contributed by atoms with Gasteiger partial charge in [-0.25, -0.2) is 18.1 Å². The second-order valence-electron chi connectivity index (χ2n) is 6.02. The fourth-order valence-electron chi connectivity index (χ4n) is 2.72. The number of aryl methyl sites for hydroxylation is 3. The normalized spacial score (nSPS) is 11.6. The van der Waals surface area contributed by atoms with E-state index in [1.165, 1.54) is 0 Å². The second kappa shape index (κ2) is 7.80. The molecule has 0 bridgehead atoms. The highest BCUT2D eigenvalue weighted by atomic mass is 32.2. The molecule has 3 rings (SSSR count). The summed E-state index contributed by atoms with van der Waals surface area (Å²) in [7, 11) is -3.53. The van der Waals surface area contributed by atoms with Crippen LogP contribution in [0, 0.1) is 13.8 Å². The van der Waals surface area contributed by atoms with E-state index in [9.17, 15) is 8.42 Å². The standard InChI is InChI=1S/C19H21N3O3S/c1-14-19(22-15(2)25-14)17-7-9-18(10-8-17)26(23,24)21-12-4-6-16-5-3-11-20-13-16/h3,5,7-11,13,21H,4,6,12H2,1-2H3. The van der Waals surface area contributed by atoms with Crippen molar-refractivity contribution in [2.45, 2.75) is 31.6 Å². The molecular formula is C19H21N3O3S. The summed E-state index contributed by atoms with van der Waals surface area (Å²) < 4.78 is 32.9. The van der Waals surface area contributed by atoms with Crippen molar-refractivity contribution in [3.63, 3.8) is 0 Å². The minimum absolute atomic E-state index is 0.237. The minimum atomic E-state index is -3.53. The van der Waals surface area contributed by atoms with E-state index in [1.807, 2.05) is 19.1 Å². The molecule has 3 aromatic rings. The molecule has 0 atom stereocenters. The predicted molar refractivity (Wildman–Crippen MR) is 99.2 cm³/mol. The van der Waals surface area contributed by atoms with Gasteiger partial charge < -0.3 is 4.42 Å². The average Bonchev–Trinajstić information content (AvgIpc) is 2.98. The summed E-state index contributed by atoms with van der Waals surface area (Å²) in [4.78, 5) is 8.61. The Hall–Kier alpha value is -2.51. The number of hydrogen-bond donors (Lipinski definition) is 1. The molecule has 26 heavy (non-hydrogen) atoms. The zero-order chi connectivity index (χ0) is 18.6. The van der Waals surface area contributed by atoms with Gasteiger partial charge in [0.05, 0.1) is 4.90 Å². The number of sulfonamides is 1. The largest absolute Gasteiger partial charge is 0.446 e. The summed E-state index contributed by atoms with van der Waals surface area (Å²) in [5.74, 6) is 1.30. The van der Waals surface area contributed by atoms with E-state index in [-0.39, 0.29) is 4.90 Å². The molecule has 0 amide bonds. The zero-order valence-corrected chi connectivity index (χ0v) is 15.6. The first kappa shape index (κ1) is 18.3. The van der Waals surface area contributed by atoms with Crippen molar-refractivity contribution >= 4 is 10.0 Å². The van der Waals surface area contributed by atoms with Gasteiger partial charge in [0, 0.05) is 31.4 Å². The Morgan fingerprint density at radius 3 is 2.50 bits per heavy atom. The number of benzene rings is 1. The lowest BCUT2D eigenvalue weighted by Crippen LogP contribution is -2.25. The quantitative estimate of drug-likeness (QED) is 0.644. The van der Waals surface area contributed by atoms with Gasteiger partial charge in [0.15, 0.2) is 5.89 Å². The Morgan fingerprint density at radius 1 is 1.12 bits per heavy atom. The van der Waals surface area contributed by atoms with Gasteiger partial charge in [-0.15, -0.1) is 0 Å². The third-order valence-electron chi connectivity index (χ3n) is 4.00. The maximum absolute atomic E-state index is 12.4. The topological polar surface area (TPSA) is 85.1 Å². The van der Waals surface area contributed by atoms with Crippen LogP contribution in [-0.4, -0.2) is 24.9 Å². The molecule has 0 aliphatic rings. The van der Waals surface area contributed by atoms with Crippen molar-refractivity contribution in [3.05, 3.63) is 66.0 Å². The zero-order valence-electron chi connectivity index (χ0n) is 14.8. The fourth-order valence-corrected chi connectivity index (χ4v) is 3.79. The molecule has 1 N–H and O–H groups in total. The molecule has 0 unspecified atom stereocenters. The van der Waals surface area contributed by atoms with Crippen molar-refractivity contribution in [2.75, 3.05) is 6.54 Å². The van der Waals surface area contributed by atoms with Crippen LogP contribution in [0.5, 0.6) is 0 Å². The fraction of sp³-hybridized carbons (Fsp3) is 0.263. The smallest absolute Gasteiger partial charge is 0.240 e. The van der Waals surface area contributed by atoms with Crippen molar-refractivity contribution in [2.24, 2.45) is 0 Å². The molecule has 2 aromatic heterocycles. The van der Waals surface area contributed by atoms with Crippen LogP contribution in [0.25, 0.3) is 11.3 Å². The Balaban J connectivity index is 1.61. The average molecular weight is 371 g/mol. The van der Waals surface area contributed by atoms with Gasteiger partial charge in [-0.2, -0.15) is 0 Å². The Labute approximate surface area is 153 Å². The number of nitrogens with one attached hydrogen (secondary N) is 1. The summed E-state index contributed by atoms with van der Waals surface area (Å²) in [5, 5.41) is 0. The summed E-state index contributed by atoms with van der Waals surface area (Å²) in [6.45, 7) is 4.00. The molecular weight excluding hydrogens is 350 g/mol. The molecule has 0 spiro atoms. The van der Waals surface area contributed by atoms with E-state index < -0.39 is 10.0 Å². The van der Waals surface area contributed by atoms with Crippen LogP contribution in [0.2, 0.25) is 0 Å². The molecule has 2 heterocycles. The maximum Gasteiger partial charge on any atom is 0.240 e. The molecule has 0 saturated carbocycles. The molecule has 136 valence electrons. The van der Waals surface area contributed by atoms with Gasteiger partial charge in [-0.1, -0.05) is 18.2 Å². The lowest BCUT2D eigenvalue weighted by atomic mass is 10.1. The summed E-state index contributed by atoms with van der Waals surface area (Å²) >= 11 is 0. The second-order valence-corrected chi connectivity index (χ2v) is 7.79. The Kier molecular flexibility index (Phi) is 5.49. The number of oxazole rings is 1. The molecule has 0 aliphatic carbocycles. The van der Waals surface area contributed by atoms with Crippen molar-refractivity contribution in [3.8, 4) is 11.3 Å². The van der Waals surface area contributed by atoms with E-state index >= 15 is 0 Å². The van der Waals surface area contributed by atoms with Crippen LogP contribution in [0.3, 0.4) is 0 Å². The Morgan fingerprint density at radius 2 is 1.88 bits per heavy atom. The van der Waals surface area contributed by atoms with Crippen LogP contribution in [0.4, 0.5) is 0 Å². The summed E-state index contributed by atoms with van der Waals surface area (Å²) in [6, 6.07) is 10.5. The summed E-state index contributed by atoms with van der Waals surface area (Å²) in [5.41, 5.74) is 2.65. The van der Waals surface area contributed by atoms with Gasteiger partial charge in [0.2, 0.25) is 10.0 Å². The van der Waals surface area contributed by atoms with Gasteiger partial charge in [-0.3, -0.25) is 4.98 Å². The lowest BCUT2D eigenvalue weighted by Gasteiger charge is -2.07. The van der Waals surface area contributed by atoms with Crippen LogP contribution in [0.1, 0.15) is 23.6 Å². The van der Waals surface area contributed by atoms with Crippen LogP contribution >= 0.6 is 0 Å². The predicted octanol–water partition coefficient (Wildman–Crippen LogP) is 3.26. The molecule has 0 radical (unpaired) electrons. The third kappa shape index (κ3) is 4.36. The monoisotopic (exact) mass is 371 g/mol. The van der Waals surface area contributed by atoms with E-state index in [0.717, 1.165) is 23.2 Å². The van der Waals surface area contributed by atoms with Crippen molar-refractivity contribution in [1.82, 2.24) is 14.7 Å². The minimum Gasteiger partial charge on any atom is -0.446 e. The highest BCUT2D eigenvalue weighted by Crippen LogP contribution is 2.24. The molecule has 0 aliphatic heterocycles. The van der Waals surface area contributed by atoms with Crippen LogP contribution in [-0.2, 0) is 16.4 Å². The highest BCUT2D eigenvalue weighted by Gasteiger charge is 2.15. The van der Waals surface area contributed by atoms with E-state index in [4.69, 9.17) is 4.42 Å². The number of nitrogens with zero attached hydrogens (tertiary/aromatic N) is 2. The highest BCUT2D eigenvalue weighted by molar-refractivity contribution is 7.89. The first-order valence-corrected chi connectivity index (χ1v) is 9.87. The molecule has 6 nitrogen and oxygen atoms in total. The van der Waals surface area contributed by atoms with E-state index in [2.05, 4.69) is 14.7 Å². The first-order valence-electron chi connectivity index (χ1n) is 8.39. The number of pyridine rings is 1. The van der Waals surface area contributed by atoms with Crippen molar-refractivity contribution in [1.29, 1.82) is 0 Å². The van der Waals surface area contributed by atoms with Gasteiger partial charge >= 0.3 is 0 Å². The van der Waals surface area contributed by atoms with Gasteiger partial charge in [0.25, 0.3) is 0 Å². The molecule has 0 fully saturated rings. The SMILES string of the molecule is Cc1nc(-c2ccc(S(=O)(=O)NCCCc3cccnc3)cc2)c(C)o1. The third-order valence-corrected chi connectivity index (χ3v) is 5.48. The molecule has 1 aromatic carbocycles. The summed E-state index contributed by atoms with van der Waals surface area (Å²) in [6.07, 6.45) is 5.00.